The van der Waals surface area contributed by atoms with Crippen LogP contribution in [0.2, 0.25) is 0 Å². The lowest BCUT2D eigenvalue weighted by molar-refractivity contribution is -0.660. The number of hydrogen-bond donors (Lipinski definition) is 0. The molecule has 1 aliphatic carbocycles. The van der Waals surface area contributed by atoms with Crippen molar-refractivity contribution in [3.8, 4) is 112 Å². The Morgan fingerprint density at radius 3 is 0.816 bits per heavy atom. The average molecular weight is 1500 g/mol. The molecule has 5 heterocycles. The normalized spacial score (nSPS) is 11.8. The monoisotopic (exact) mass is 1490 g/mol. The summed E-state index contributed by atoms with van der Waals surface area (Å²) in [5.74, 6) is 1.35. The SMILES string of the molecule is Cc1ccc(-c2cc[n+](C)c(-c3ccccc3C)c2)cc1.Cc1ccccc1-c1cc(-c2ccc(C(C)C)cc2)cc[n+]1C.Cc1ccccc1-c1cc(-c2ccc(C3CCCC3)cc2)cc[n+]1C.Cc1ccccc1-c1cc(-c2ccc(CC(C)(C)C)cc2)cc[n+]1C.Cc1ccccc1-c1cc(-c2ccccc2)cc[n+]1C. The topological polar surface area (TPSA) is 19.4 Å². The summed E-state index contributed by atoms with van der Waals surface area (Å²) in [5.41, 5.74) is 37.8. The Morgan fingerprint density at radius 2 is 0.535 bits per heavy atom. The molecule has 0 bridgehead atoms. The standard InChI is InChI=1S/C24H26N.C24H28N.C22H24N.C20H20N.C19H18N/c1-18-7-3-6-10-23(18)24-17-22(15-16-25(24)2)21-13-11-20(12-14-21)19-8-4-5-9-19;1-18-8-6-7-9-22(18)23-16-21(14-15-25(23)5)20-12-10-19(11-13-20)17-24(2,3)4;1-16(2)18-9-11-19(12-10-18)20-13-14-23(4)22(15-20)21-8-6-5-7-17(21)3;1-15-8-10-17(11-9-15)18-12-13-21(3)20(14-18)19-7-5-4-6-16(19)2;1-15-8-6-7-11-18(15)19-14-17(12-13-20(19)2)16-9-4-3-5-10-16/h3,6-7,10-17,19H,4-5,8-9H2,1-2H3;6-16H,17H2,1-5H3;5-16H,1-4H3;4-14H,1-3H3;3-14H,1-2H3/q5*+1. The van der Waals surface area contributed by atoms with E-state index in [0.29, 0.717) is 11.3 Å². The van der Waals surface area contributed by atoms with E-state index in [2.05, 4.69) is 475 Å². The highest BCUT2D eigenvalue weighted by atomic mass is 14.9. The van der Waals surface area contributed by atoms with Crippen molar-refractivity contribution in [2.24, 2.45) is 40.7 Å². The zero-order chi connectivity index (χ0) is 80.4. The first-order valence-electron chi connectivity index (χ1n) is 40.7. The molecule has 1 aliphatic rings. The van der Waals surface area contributed by atoms with Crippen LogP contribution in [0, 0.1) is 47.0 Å². The first-order valence-corrected chi connectivity index (χ1v) is 40.7. The molecule has 1 saturated carbocycles. The number of nitrogens with zero attached hydrogens (tertiary/aromatic N) is 5. The minimum absolute atomic E-state index is 0.319. The van der Waals surface area contributed by atoms with Crippen molar-refractivity contribution in [2.45, 2.75) is 120 Å². The molecule has 0 atom stereocenters. The van der Waals surface area contributed by atoms with E-state index in [0.717, 1.165) is 12.3 Å². The largest absolute Gasteiger partial charge is 0.213 e. The van der Waals surface area contributed by atoms with E-state index in [1.807, 2.05) is 0 Å². The van der Waals surface area contributed by atoms with Gasteiger partial charge in [0.05, 0.1) is 0 Å². The van der Waals surface area contributed by atoms with Crippen LogP contribution in [0.3, 0.4) is 0 Å². The van der Waals surface area contributed by atoms with Gasteiger partial charge in [-0.1, -0.05) is 271 Å². The van der Waals surface area contributed by atoms with E-state index < -0.39 is 0 Å². The van der Waals surface area contributed by atoms with E-state index in [-0.39, 0.29) is 0 Å². The van der Waals surface area contributed by atoms with E-state index >= 15 is 0 Å². The number of rotatable bonds is 13. The third-order valence-electron chi connectivity index (χ3n) is 22.3. The Kier molecular flexibility index (Phi) is 27.1. The van der Waals surface area contributed by atoms with Gasteiger partial charge in [0, 0.05) is 88.5 Å². The van der Waals surface area contributed by atoms with E-state index in [4.69, 9.17) is 0 Å². The molecule has 0 N–H and O–H groups in total. The third-order valence-corrected chi connectivity index (χ3v) is 22.3. The van der Waals surface area contributed by atoms with Gasteiger partial charge in [-0.15, -0.1) is 0 Å². The van der Waals surface area contributed by atoms with Crippen LogP contribution in [0.1, 0.15) is 122 Å². The Morgan fingerprint density at radius 1 is 0.281 bits per heavy atom. The maximum Gasteiger partial charge on any atom is 0.213 e. The second kappa shape index (κ2) is 38.0. The number of pyridine rings is 5. The van der Waals surface area contributed by atoms with Crippen LogP contribution >= 0.6 is 0 Å². The van der Waals surface area contributed by atoms with Crippen LogP contribution < -0.4 is 22.8 Å². The molecule has 572 valence electrons. The maximum atomic E-state index is 2.34. The molecular weight excluding hydrogens is 1380 g/mol. The van der Waals surface area contributed by atoms with Crippen LogP contribution in [-0.2, 0) is 41.7 Å². The summed E-state index contributed by atoms with van der Waals surface area (Å²) >= 11 is 0. The number of hydrogen-bond acceptors (Lipinski definition) is 0. The van der Waals surface area contributed by atoms with Crippen LogP contribution in [-0.4, -0.2) is 0 Å². The zero-order valence-electron chi connectivity index (χ0n) is 70.3. The second-order valence-corrected chi connectivity index (χ2v) is 32.7. The van der Waals surface area contributed by atoms with Crippen molar-refractivity contribution in [3.63, 3.8) is 0 Å². The molecule has 5 aromatic heterocycles. The quantitative estimate of drug-likeness (QED) is 0.103. The molecule has 0 amide bonds. The highest BCUT2D eigenvalue weighted by Crippen LogP contribution is 2.37. The molecule has 15 aromatic rings. The van der Waals surface area contributed by atoms with Crippen molar-refractivity contribution < 1.29 is 22.8 Å². The van der Waals surface area contributed by atoms with Crippen molar-refractivity contribution in [3.05, 3.63) is 390 Å². The van der Waals surface area contributed by atoms with Crippen molar-refractivity contribution in [1.29, 1.82) is 0 Å². The first-order chi connectivity index (χ1) is 55.0. The number of aromatic nitrogens is 5. The lowest BCUT2D eigenvalue weighted by Gasteiger charge is -2.18. The summed E-state index contributed by atoms with van der Waals surface area (Å²) in [6.45, 7) is 24.3. The smallest absolute Gasteiger partial charge is 0.201 e. The first kappa shape index (κ1) is 81.4. The molecule has 0 radical (unpaired) electrons. The van der Waals surface area contributed by atoms with Gasteiger partial charge in [-0.05, 0) is 209 Å². The van der Waals surface area contributed by atoms with Gasteiger partial charge in [0.15, 0.2) is 31.0 Å². The molecule has 1 fully saturated rings. The van der Waals surface area contributed by atoms with Gasteiger partial charge < -0.3 is 0 Å². The van der Waals surface area contributed by atoms with Crippen molar-refractivity contribution in [1.82, 2.24) is 0 Å². The molecule has 5 nitrogen and oxygen atoms in total. The van der Waals surface area contributed by atoms with Crippen molar-refractivity contribution >= 4 is 0 Å². The predicted octanol–water partition coefficient (Wildman–Crippen LogP) is 25.4. The molecule has 0 unspecified atom stereocenters. The van der Waals surface area contributed by atoms with E-state index in [1.54, 1.807) is 0 Å². The molecule has 10 aromatic carbocycles. The Bertz CT molecular complexity index is 5700. The highest BCUT2D eigenvalue weighted by molar-refractivity contribution is 5.75. The summed E-state index contributed by atoms with van der Waals surface area (Å²) in [5, 5.41) is 0. The summed E-state index contributed by atoms with van der Waals surface area (Å²) in [6, 6.07) is 112. The minimum atomic E-state index is 0.319. The molecule has 0 spiro atoms. The molecule has 114 heavy (non-hydrogen) atoms. The van der Waals surface area contributed by atoms with E-state index in [1.165, 1.54) is 188 Å². The number of aryl methyl sites for hydroxylation is 11. The number of benzene rings is 10. The molecule has 16 rings (SSSR count). The summed E-state index contributed by atoms with van der Waals surface area (Å²) < 4.78 is 10.9. The Hall–Kier alpha value is -12.1. The third kappa shape index (κ3) is 21.0. The molecule has 0 saturated heterocycles. The van der Waals surface area contributed by atoms with Gasteiger partial charge in [0.25, 0.3) is 0 Å². The summed E-state index contributed by atoms with van der Waals surface area (Å²) in [6.07, 6.45) is 17.3. The lowest BCUT2D eigenvalue weighted by Crippen LogP contribution is -2.30. The van der Waals surface area contributed by atoms with Crippen molar-refractivity contribution in [2.75, 3.05) is 0 Å². The Labute approximate surface area is 681 Å². The zero-order valence-corrected chi connectivity index (χ0v) is 70.3. The van der Waals surface area contributed by atoms with Gasteiger partial charge >= 0.3 is 0 Å². The molecule has 5 heteroatoms. The summed E-state index contributed by atoms with van der Waals surface area (Å²) in [7, 11) is 10.5. The average Bonchev–Trinajstić information content (AvgIpc) is 0.871. The molecular formula is C109H116N5+5. The van der Waals surface area contributed by atoms with Crippen LogP contribution in [0.4, 0.5) is 0 Å². The lowest BCUT2D eigenvalue weighted by atomic mass is 9.87. The predicted molar refractivity (Wildman–Crippen MR) is 479 cm³/mol. The van der Waals surface area contributed by atoms with Crippen LogP contribution in [0.25, 0.3) is 112 Å². The van der Waals surface area contributed by atoms with Gasteiger partial charge in [0.2, 0.25) is 28.5 Å². The Balaban J connectivity index is 0.000000132. The second-order valence-electron chi connectivity index (χ2n) is 32.7. The minimum Gasteiger partial charge on any atom is -0.201 e. The van der Waals surface area contributed by atoms with Gasteiger partial charge in [-0.3, -0.25) is 0 Å². The maximum absolute atomic E-state index is 2.34. The fourth-order valence-electron chi connectivity index (χ4n) is 15.5. The summed E-state index contributed by atoms with van der Waals surface area (Å²) in [4.78, 5) is 0. The highest BCUT2D eigenvalue weighted by Gasteiger charge is 2.22. The van der Waals surface area contributed by atoms with Gasteiger partial charge in [0.1, 0.15) is 35.2 Å². The van der Waals surface area contributed by atoms with Gasteiger partial charge in [-0.2, -0.15) is 0 Å². The van der Waals surface area contributed by atoms with E-state index in [9.17, 15) is 0 Å². The van der Waals surface area contributed by atoms with Gasteiger partial charge in [-0.25, -0.2) is 22.8 Å². The van der Waals surface area contributed by atoms with Crippen LogP contribution in [0.15, 0.2) is 340 Å². The fourth-order valence-corrected chi connectivity index (χ4v) is 15.5. The fraction of sp³-hybridized carbons (Fsp3) is 0.220. The molecule has 0 aliphatic heterocycles. The van der Waals surface area contributed by atoms with Crippen LogP contribution in [0.5, 0.6) is 0 Å².